The summed E-state index contributed by atoms with van der Waals surface area (Å²) >= 11 is 0. The number of fused-ring (bicyclic) bond motifs is 5. The summed E-state index contributed by atoms with van der Waals surface area (Å²) in [6, 6.07) is 18.9. The lowest BCUT2D eigenvalue weighted by Gasteiger charge is -2.22. The van der Waals surface area contributed by atoms with Crippen LogP contribution in [-0.4, -0.2) is 58.0 Å². The molecule has 0 amide bonds. The van der Waals surface area contributed by atoms with Gasteiger partial charge in [0.1, 0.15) is 6.33 Å². The van der Waals surface area contributed by atoms with E-state index in [-0.39, 0.29) is 0 Å². The van der Waals surface area contributed by atoms with Crippen LogP contribution in [0.25, 0.3) is 28.3 Å². The first kappa shape index (κ1) is 21.6. The van der Waals surface area contributed by atoms with Gasteiger partial charge in [0.15, 0.2) is 5.82 Å². The zero-order valence-electron chi connectivity index (χ0n) is 20.4. The molecule has 0 saturated carbocycles. The Bertz CT molecular complexity index is 1420. The fourth-order valence-electron chi connectivity index (χ4n) is 5.58. The number of rotatable bonds is 4. The maximum Gasteiger partial charge on any atom is 0.185 e. The predicted molar refractivity (Wildman–Crippen MR) is 137 cm³/mol. The molecule has 7 heteroatoms. The van der Waals surface area contributed by atoms with Crippen LogP contribution in [0.3, 0.4) is 0 Å². The maximum atomic E-state index is 9.13. The number of benzene rings is 2. The fourth-order valence-corrected chi connectivity index (χ4v) is 5.58. The molecule has 0 radical (unpaired) electrons. The number of aromatic nitrogens is 4. The van der Waals surface area contributed by atoms with Gasteiger partial charge in [0.25, 0.3) is 0 Å². The van der Waals surface area contributed by atoms with E-state index in [1.54, 1.807) is 0 Å². The van der Waals surface area contributed by atoms with Gasteiger partial charge in [-0.3, -0.25) is 4.57 Å². The van der Waals surface area contributed by atoms with Crippen LogP contribution >= 0.6 is 0 Å². The first-order chi connectivity index (χ1) is 17.0. The Balaban J connectivity index is 1.36. The lowest BCUT2D eigenvalue weighted by Crippen LogP contribution is -2.27. The lowest BCUT2D eigenvalue weighted by atomic mass is 9.98. The minimum absolute atomic E-state index is 0.666. The van der Waals surface area contributed by atoms with Gasteiger partial charge in [-0.25, -0.2) is 0 Å². The maximum absolute atomic E-state index is 9.13. The molecule has 7 nitrogen and oxygen atoms in total. The second-order valence-electron chi connectivity index (χ2n) is 10.2. The molecule has 2 aliphatic heterocycles. The highest BCUT2D eigenvalue weighted by atomic mass is 15.3. The summed E-state index contributed by atoms with van der Waals surface area (Å²) in [4.78, 5) is 4.84. The van der Waals surface area contributed by atoms with Crippen molar-refractivity contribution in [3.05, 3.63) is 72.2 Å². The Hall–Kier alpha value is -3.89. The summed E-state index contributed by atoms with van der Waals surface area (Å²) in [5.41, 5.74) is 7.58. The van der Waals surface area contributed by atoms with Crippen LogP contribution < -0.4 is 4.90 Å². The minimum Gasteiger partial charge on any atom is -0.371 e. The van der Waals surface area contributed by atoms with E-state index >= 15 is 0 Å². The number of nitrogens with zero attached hydrogens (tertiary/aromatic N) is 7. The van der Waals surface area contributed by atoms with Crippen LogP contribution in [0.4, 0.5) is 5.69 Å². The van der Waals surface area contributed by atoms with Gasteiger partial charge in [0.05, 0.1) is 23.0 Å². The van der Waals surface area contributed by atoms with Crippen molar-refractivity contribution >= 4 is 5.69 Å². The standard InChI is InChI=1S/C28H29N7/c1-19-13-33(17-24(19)14-32(2)3)25-8-9-26-23(10-25)16-34-15-22(21-6-4-20(12-29)5-7-21)11-27(34)28-31-30-18-35(26)28/h4-11,15,18-19,24H,13-14,16-17H2,1-3H3/t19-,24+/m0/s1. The van der Waals surface area contributed by atoms with E-state index in [1.165, 1.54) is 11.3 Å². The zero-order chi connectivity index (χ0) is 24.1. The minimum atomic E-state index is 0.666. The van der Waals surface area contributed by atoms with Crippen molar-refractivity contribution in [3.63, 3.8) is 0 Å². The molecule has 0 N–H and O–H groups in total. The van der Waals surface area contributed by atoms with Gasteiger partial charge in [-0.15, -0.1) is 10.2 Å². The highest BCUT2D eigenvalue weighted by Gasteiger charge is 2.31. The summed E-state index contributed by atoms with van der Waals surface area (Å²) in [6.45, 7) is 6.44. The summed E-state index contributed by atoms with van der Waals surface area (Å²) in [5.74, 6) is 2.20. The van der Waals surface area contributed by atoms with Gasteiger partial charge in [-0.1, -0.05) is 19.1 Å². The van der Waals surface area contributed by atoms with E-state index in [2.05, 4.69) is 86.7 Å². The summed E-state index contributed by atoms with van der Waals surface area (Å²) < 4.78 is 4.37. The Morgan fingerprint density at radius 2 is 1.89 bits per heavy atom. The molecule has 0 bridgehead atoms. The van der Waals surface area contributed by atoms with Crippen molar-refractivity contribution in [2.45, 2.75) is 13.5 Å². The highest BCUT2D eigenvalue weighted by Crippen LogP contribution is 2.36. The molecular weight excluding hydrogens is 434 g/mol. The second kappa shape index (κ2) is 8.40. The van der Waals surface area contributed by atoms with Crippen molar-refractivity contribution in [1.82, 2.24) is 24.2 Å². The molecule has 1 fully saturated rings. The smallest absolute Gasteiger partial charge is 0.185 e. The van der Waals surface area contributed by atoms with E-state index in [1.807, 2.05) is 30.6 Å². The average Bonchev–Trinajstić information content (AvgIpc) is 3.56. The topological polar surface area (TPSA) is 65.9 Å². The SMILES string of the molecule is C[C@H]1CN(c2ccc3c(c2)Cn2cc(-c4ccc(C#N)cc4)cc2-c2nncn2-3)C[C@H]1CN(C)C. The van der Waals surface area contributed by atoms with Crippen molar-refractivity contribution in [2.75, 3.05) is 38.6 Å². The Kier molecular flexibility index (Phi) is 5.19. The first-order valence-electron chi connectivity index (χ1n) is 12.1. The molecule has 1 saturated heterocycles. The monoisotopic (exact) mass is 463 g/mol. The van der Waals surface area contributed by atoms with Crippen LogP contribution in [-0.2, 0) is 6.54 Å². The van der Waals surface area contributed by atoms with Gasteiger partial charge in [-0.2, -0.15) is 5.26 Å². The van der Waals surface area contributed by atoms with Crippen molar-refractivity contribution in [3.8, 4) is 34.4 Å². The lowest BCUT2D eigenvalue weighted by molar-refractivity contribution is 0.301. The second-order valence-corrected chi connectivity index (χ2v) is 10.2. The Morgan fingerprint density at radius 1 is 1.06 bits per heavy atom. The summed E-state index contributed by atoms with van der Waals surface area (Å²) in [5, 5.41) is 17.8. The summed E-state index contributed by atoms with van der Waals surface area (Å²) in [7, 11) is 4.32. The normalized spacial score (nSPS) is 18.7. The van der Waals surface area contributed by atoms with Crippen LogP contribution in [0.2, 0.25) is 0 Å². The van der Waals surface area contributed by atoms with E-state index < -0.39 is 0 Å². The van der Waals surface area contributed by atoms with Gasteiger partial charge in [0.2, 0.25) is 0 Å². The van der Waals surface area contributed by atoms with Crippen molar-refractivity contribution in [2.24, 2.45) is 11.8 Å². The van der Waals surface area contributed by atoms with Gasteiger partial charge < -0.3 is 14.4 Å². The van der Waals surface area contributed by atoms with E-state index in [0.29, 0.717) is 17.4 Å². The molecular formula is C28H29N7. The molecule has 6 rings (SSSR count). The molecule has 0 aliphatic carbocycles. The molecule has 4 aromatic rings. The third kappa shape index (κ3) is 3.80. The fraction of sp³-hybridized carbons (Fsp3) is 0.321. The molecule has 35 heavy (non-hydrogen) atoms. The molecule has 0 unspecified atom stereocenters. The van der Waals surface area contributed by atoms with E-state index in [9.17, 15) is 0 Å². The largest absolute Gasteiger partial charge is 0.371 e. The summed E-state index contributed by atoms with van der Waals surface area (Å²) in [6.07, 6.45) is 3.99. The van der Waals surface area contributed by atoms with Crippen molar-refractivity contribution < 1.29 is 0 Å². The van der Waals surface area contributed by atoms with Crippen molar-refractivity contribution in [1.29, 1.82) is 5.26 Å². The highest BCUT2D eigenvalue weighted by molar-refractivity contribution is 5.72. The van der Waals surface area contributed by atoms with Crippen LogP contribution in [0.1, 0.15) is 18.1 Å². The van der Waals surface area contributed by atoms with Crippen LogP contribution in [0, 0.1) is 23.2 Å². The quantitative estimate of drug-likeness (QED) is 0.398. The van der Waals surface area contributed by atoms with E-state index in [4.69, 9.17) is 5.26 Å². The number of nitriles is 1. The molecule has 2 aromatic heterocycles. The molecule has 4 heterocycles. The Morgan fingerprint density at radius 3 is 2.66 bits per heavy atom. The van der Waals surface area contributed by atoms with Crippen LogP contribution in [0.15, 0.2) is 61.1 Å². The zero-order valence-corrected chi connectivity index (χ0v) is 20.4. The molecule has 2 aromatic carbocycles. The average molecular weight is 464 g/mol. The molecule has 2 aliphatic rings. The van der Waals surface area contributed by atoms with Crippen LogP contribution in [0.5, 0.6) is 0 Å². The van der Waals surface area contributed by atoms with Gasteiger partial charge in [0, 0.05) is 43.6 Å². The number of anilines is 1. The molecule has 0 spiro atoms. The van der Waals surface area contributed by atoms with E-state index in [0.717, 1.165) is 54.5 Å². The molecule has 2 atom stereocenters. The third-order valence-corrected chi connectivity index (χ3v) is 7.42. The predicted octanol–water partition coefficient (Wildman–Crippen LogP) is 4.27. The number of hydrogen-bond acceptors (Lipinski definition) is 5. The molecule has 176 valence electrons. The van der Waals surface area contributed by atoms with Gasteiger partial charge >= 0.3 is 0 Å². The number of hydrogen-bond donors (Lipinski definition) is 0. The Labute approximate surface area is 205 Å². The third-order valence-electron chi connectivity index (χ3n) is 7.42. The van der Waals surface area contributed by atoms with Gasteiger partial charge in [-0.05, 0) is 73.5 Å². The first-order valence-corrected chi connectivity index (χ1v) is 12.1.